The Bertz CT molecular complexity index is 721. The molecular formula is C18H13BrFNO. The second-order valence-corrected chi connectivity index (χ2v) is 5.83. The van der Waals surface area contributed by atoms with Gasteiger partial charge in [0.1, 0.15) is 5.82 Å². The standard InChI is InChI=1S/C18H13BrFNO/c19-15-5-1-13(2-6-15)17-9-12(11-22)10-18(21-17)14-3-7-16(20)8-4-14/h1-10,22H,11H2. The minimum Gasteiger partial charge on any atom is -0.392 e. The van der Waals surface area contributed by atoms with E-state index in [1.165, 1.54) is 12.1 Å². The summed E-state index contributed by atoms with van der Waals surface area (Å²) in [5.74, 6) is -0.282. The van der Waals surface area contributed by atoms with Crippen LogP contribution < -0.4 is 0 Å². The van der Waals surface area contributed by atoms with Crippen molar-refractivity contribution in [2.24, 2.45) is 0 Å². The number of pyridine rings is 1. The highest BCUT2D eigenvalue weighted by Crippen LogP contribution is 2.26. The van der Waals surface area contributed by atoms with Gasteiger partial charge in [0.15, 0.2) is 0 Å². The Hall–Kier alpha value is -2.04. The summed E-state index contributed by atoms with van der Waals surface area (Å²) in [6.45, 7) is -0.0692. The molecule has 22 heavy (non-hydrogen) atoms. The van der Waals surface area contributed by atoms with E-state index in [0.717, 1.165) is 26.9 Å². The zero-order chi connectivity index (χ0) is 15.5. The molecule has 1 aromatic heterocycles. The molecule has 0 aliphatic carbocycles. The Labute approximate surface area is 136 Å². The highest BCUT2D eigenvalue weighted by atomic mass is 79.9. The molecule has 0 unspecified atom stereocenters. The van der Waals surface area contributed by atoms with Crippen molar-refractivity contribution < 1.29 is 9.50 Å². The normalized spacial score (nSPS) is 10.7. The van der Waals surface area contributed by atoms with Crippen LogP contribution in [0.3, 0.4) is 0 Å². The van der Waals surface area contributed by atoms with E-state index < -0.39 is 0 Å². The fourth-order valence-electron chi connectivity index (χ4n) is 2.22. The van der Waals surface area contributed by atoms with Crippen LogP contribution in [0.1, 0.15) is 5.56 Å². The zero-order valence-electron chi connectivity index (χ0n) is 11.6. The molecule has 0 fully saturated rings. The number of aromatic nitrogens is 1. The van der Waals surface area contributed by atoms with Gasteiger partial charge in [-0.2, -0.15) is 0 Å². The summed E-state index contributed by atoms with van der Waals surface area (Å²) < 4.78 is 14.1. The summed E-state index contributed by atoms with van der Waals surface area (Å²) in [7, 11) is 0. The lowest BCUT2D eigenvalue weighted by atomic mass is 10.0. The Balaban J connectivity index is 2.10. The molecule has 0 spiro atoms. The van der Waals surface area contributed by atoms with Crippen LogP contribution in [0, 0.1) is 5.82 Å². The highest BCUT2D eigenvalue weighted by Gasteiger charge is 2.07. The Morgan fingerprint density at radius 3 is 1.86 bits per heavy atom. The van der Waals surface area contributed by atoms with E-state index in [4.69, 9.17) is 0 Å². The van der Waals surface area contributed by atoms with Gasteiger partial charge in [0.25, 0.3) is 0 Å². The van der Waals surface area contributed by atoms with Crippen molar-refractivity contribution >= 4 is 15.9 Å². The summed E-state index contributed by atoms with van der Waals surface area (Å²) in [6.07, 6.45) is 0. The Morgan fingerprint density at radius 2 is 1.36 bits per heavy atom. The lowest BCUT2D eigenvalue weighted by Crippen LogP contribution is -1.93. The second-order valence-electron chi connectivity index (χ2n) is 4.92. The summed E-state index contributed by atoms with van der Waals surface area (Å²) >= 11 is 3.41. The van der Waals surface area contributed by atoms with Crippen LogP contribution in [-0.2, 0) is 6.61 Å². The number of rotatable bonds is 3. The number of benzene rings is 2. The van der Waals surface area contributed by atoms with Gasteiger partial charge in [-0.3, -0.25) is 0 Å². The van der Waals surface area contributed by atoms with Gasteiger partial charge in [-0.1, -0.05) is 28.1 Å². The Morgan fingerprint density at radius 1 is 0.864 bits per heavy atom. The minimum absolute atomic E-state index is 0.0692. The number of aliphatic hydroxyl groups is 1. The fraction of sp³-hybridized carbons (Fsp3) is 0.0556. The number of hydrogen-bond donors (Lipinski definition) is 1. The van der Waals surface area contributed by atoms with E-state index in [2.05, 4.69) is 20.9 Å². The molecule has 3 aromatic rings. The summed E-state index contributed by atoms with van der Waals surface area (Å²) in [4.78, 5) is 4.63. The first kappa shape index (κ1) is 14.9. The lowest BCUT2D eigenvalue weighted by Gasteiger charge is -2.08. The van der Waals surface area contributed by atoms with Gasteiger partial charge < -0.3 is 5.11 Å². The molecule has 110 valence electrons. The molecule has 4 heteroatoms. The van der Waals surface area contributed by atoms with Crippen LogP contribution in [0.15, 0.2) is 65.1 Å². The van der Waals surface area contributed by atoms with Crippen LogP contribution in [0.4, 0.5) is 4.39 Å². The van der Waals surface area contributed by atoms with Crippen LogP contribution in [-0.4, -0.2) is 10.1 Å². The van der Waals surface area contributed by atoms with Crippen molar-refractivity contribution in [3.8, 4) is 22.5 Å². The first-order chi connectivity index (χ1) is 10.7. The van der Waals surface area contributed by atoms with Crippen LogP contribution in [0.5, 0.6) is 0 Å². The SMILES string of the molecule is OCc1cc(-c2ccc(F)cc2)nc(-c2ccc(Br)cc2)c1. The molecule has 0 aliphatic heterocycles. The third-order valence-corrected chi connectivity index (χ3v) is 3.88. The minimum atomic E-state index is -0.282. The molecule has 2 nitrogen and oxygen atoms in total. The van der Waals surface area contributed by atoms with Gasteiger partial charge in [-0.05, 0) is 54.1 Å². The first-order valence-corrected chi connectivity index (χ1v) is 7.59. The van der Waals surface area contributed by atoms with Gasteiger partial charge in [0.05, 0.1) is 18.0 Å². The molecule has 0 saturated carbocycles. The van der Waals surface area contributed by atoms with Crippen molar-refractivity contribution in [1.82, 2.24) is 4.98 Å². The van der Waals surface area contributed by atoms with E-state index in [9.17, 15) is 9.50 Å². The van der Waals surface area contributed by atoms with Gasteiger partial charge in [-0.25, -0.2) is 9.37 Å². The molecule has 0 saturated heterocycles. The van der Waals surface area contributed by atoms with Gasteiger partial charge in [0, 0.05) is 15.6 Å². The van der Waals surface area contributed by atoms with E-state index in [0.29, 0.717) is 5.69 Å². The van der Waals surface area contributed by atoms with Crippen LogP contribution in [0.25, 0.3) is 22.5 Å². The van der Waals surface area contributed by atoms with Crippen molar-refractivity contribution in [1.29, 1.82) is 0 Å². The summed E-state index contributed by atoms with van der Waals surface area (Å²) in [5.41, 5.74) is 4.03. The van der Waals surface area contributed by atoms with Crippen LogP contribution in [0.2, 0.25) is 0 Å². The maximum Gasteiger partial charge on any atom is 0.123 e. The van der Waals surface area contributed by atoms with E-state index >= 15 is 0 Å². The average molecular weight is 358 g/mol. The largest absolute Gasteiger partial charge is 0.392 e. The summed E-state index contributed by atoms with van der Waals surface area (Å²) in [6, 6.07) is 17.7. The Kier molecular flexibility index (Phi) is 4.32. The topological polar surface area (TPSA) is 33.1 Å². The maximum absolute atomic E-state index is 13.1. The third-order valence-electron chi connectivity index (χ3n) is 3.35. The van der Waals surface area contributed by atoms with Crippen molar-refractivity contribution in [2.45, 2.75) is 6.61 Å². The average Bonchev–Trinajstić information content (AvgIpc) is 2.55. The number of halogens is 2. The monoisotopic (exact) mass is 357 g/mol. The number of nitrogens with zero attached hydrogens (tertiary/aromatic N) is 1. The molecule has 0 atom stereocenters. The molecule has 0 aliphatic rings. The highest BCUT2D eigenvalue weighted by molar-refractivity contribution is 9.10. The molecule has 1 heterocycles. The number of hydrogen-bond acceptors (Lipinski definition) is 2. The van der Waals surface area contributed by atoms with E-state index in [-0.39, 0.29) is 12.4 Å². The second kappa shape index (κ2) is 6.38. The van der Waals surface area contributed by atoms with Gasteiger partial charge in [-0.15, -0.1) is 0 Å². The van der Waals surface area contributed by atoms with Crippen LogP contribution >= 0.6 is 15.9 Å². The van der Waals surface area contributed by atoms with E-state index in [1.807, 2.05) is 36.4 Å². The predicted octanol–water partition coefficient (Wildman–Crippen LogP) is 4.81. The number of aliphatic hydroxyl groups excluding tert-OH is 1. The van der Waals surface area contributed by atoms with Crippen molar-refractivity contribution in [3.63, 3.8) is 0 Å². The van der Waals surface area contributed by atoms with E-state index in [1.54, 1.807) is 12.1 Å². The fourth-order valence-corrected chi connectivity index (χ4v) is 2.48. The zero-order valence-corrected chi connectivity index (χ0v) is 13.2. The quantitative estimate of drug-likeness (QED) is 0.729. The third kappa shape index (κ3) is 3.24. The van der Waals surface area contributed by atoms with Gasteiger partial charge >= 0.3 is 0 Å². The van der Waals surface area contributed by atoms with Crippen molar-refractivity contribution in [2.75, 3.05) is 0 Å². The molecule has 3 rings (SSSR count). The molecule has 0 bridgehead atoms. The van der Waals surface area contributed by atoms with Crippen molar-refractivity contribution in [3.05, 3.63) is 76.5 Å². The molecule has 1 N–H and O–H groups in total. The molecule has 0 radical (unpaired) electrons. The maximum atomic E-state index is 13.1. The van der Waals surface area contributed by atoms with Gasteiger partial charge in [0.2, 0.25) is 0 Å². The predicted molar refractivity (Wildman–Crippen MR) is 88.7 cm³/mol. The first-order valence-electron chi connectivity index (χ1n) is 6.79. The molecule has 2 aromatic carbocycles. The smallest absolute Gasteiger partial charge is 0.123 e. The summed E-state index contributed by atoms with van der Waals surface area (Å²) in [5, 5.41) is 9.47. The lowest BCUT2D eigenvalue weighted by molar-refractivity contribution is 0.282. The molecular weight excluding hydrogens is 345 g/mol. The molecule has 0 amide bonds.